The molecule has 1 N–H and O–H groups in total. The first-order valence-corrected chi connectivity index (χ1v) is 6.45. The number of rotatable bonds is 4. The molecule has 2 unspecified atom stereocenters. The average molecular weight is 235 g/mol. The van der Waals surface area contributed by atoms with Crippen LogP contribution in [0.2, 0.25) is 0 Å². The van der Waals surface area contributed by atoms with Crippen molar-refractivity contribution in [1.29, 1.82) is 0 Å². The number of hydrogen-bond donors (Lipinski definition) is 1. The van der Waals surface area contributed by atoms with Crippen LogP contribution in [-0.4, -0.2) is 28.2 Å². The van der Waals surface area contributed by atoms with Gasteiger partial charge in [-0.05, 0) is 31.4 Å². The summed E-state index contributed by atoms with van der Waals surface area (Å²) in [5.41, 5.74) is 0.713. The molecule has 2 atom stereocenters. The van der Waals surface area contributed by atoms with E-state index in [0.29, 0.717) is 18.2 Å². The first-order chi connectivity index (χ1) is 8.20. The molecule has 0 bridgehead atoms. The van der Waals surface area contributed by atoms with Gasteiger partial charge in [0.1, 0.15) is 5.69 Å². The van der Waals surface area contributed by atoms with Gasteiger partial charge in [-0.2, -0.15) is 5.10 Å². The highest BCUT2D eigenvalue weighted by atomic mass is 16.1. The van der Waals surface area contributed by atoms with E-state index in [1.54, 1.807) is 16.9 Å². The Morgan fingerprint density at radius 2 is 2.47 bits per heavy atom. The Balaban J connectivity index is 1.93. The number of aromatic nitrogens is 2. The van der Waals surface area contributed by atoms with Gasteiger partial charge in [0, 0.05) is 25.7 Å². The van der Waals surface area contributed by atoms with Gasteiger partial charge in [0.25, 0.3) is 0 Å². The molecule has 1 aliphatic heterocycles. The van der Waals surface area contributed by atoms with Crippen LogP contribution in [-0.2, 0) is 7.05 Å². The molecule has 94 valence electrons. The van der Waals surface area contributed by atoms with E-state index in [0.717, 1.165) is 18.9 Å². The Morgan fingerprint density at radius 1 is 1.65 bits per heavy atom. The van der Waals surface area contributed by atoms with Gasteiger partial charge in [-0.1, -0.05) is 13.3 Å². The third-order valence-corrected chi connectivity index (χ3v) is 3.72. The second kappa shape index (κ2) is 5.45. The Bertz CT molecular complexity index is 386. The van der Waals surface area contributed by atoms with Crippen molar-refractivity contribution >= 4 is 5.78 Å². The van der Waals surface area contributed by atoms with Crippen molar-refractivity contribution in [2.75, 3.05) is 6.54 Å². The second-order valence-electron chi connectivity index (χ2n) is 4.92. The third-order valence-electron chi connectivity index (χ3n) is 3.72. The Labute approximate surface area is 102 Å². The summed E-state index contributed by atoms with van der Waals surface area (Å²) in [6.45, 7) is 3.28. The lowest BCUT2D eigenvalue weighted by molar-refractivity contribution is 0.0948. The molecule has 0 aliphatic carbocycles. The van der Waals surface area contributed by atoms with Crippen molar-refractivity contribution in [3.05, 3.63) is 18.0 Å². The lowest BCUT2D eigenvalue weighted by atomic mass is 9.88. The summed E-state index contributed by atoms with van der Waals surface area (Å²) < 4.78 is 1.66. The molecule has 2 rings (SSSR count). The molecule has 17 heavy (non-hydrogen) atoms. The zero-order valence-electron chi connectivity index (χ0n) is 10.6. The molecule has 0 amide bonds. The van der Waals surface area contributed by atoms with Crippen molar-refractivity contribution in [1.82, 2.24) is 15.1 Å². The van der Waals surface area contributed by atoms with Gasteiger partial charge < -0.3 is 5.32 Å². The van der Waals surface area contributed by atoms with Gasteiger partial charge in [-0.15, -0.1) is 0 Å². The minimum Gasteiger partial charge on any atom is -0.314 e. The van der Waals surface area contributed by atoms with E-state index in [1.807, 2.05) is 7.05 Å². The molecule has 1 aliphatic rings. The van der Waals surface area contributed by atoms with E-state index >= 15 is 0 Å². The topological polar surface area (TPSA) is 46.9 Å². The van der Waals surface area contributed by atoms with E-state index in [1.165, 1.54) is 12.8 Å². The van der Waals surface area contributed by atoms with E-state index in [2.05, 4.69) is 17.3 Å². The van der Waals surface area contributed by atoms with Crippen LogP contribution < -0.4 is 5.32 Å². The number of nitrogens with zero attached hydrogens (tertiary/aromatic N) is 2. The quantitative estimate of drug-likeness (QED) is 0.809. The van der Waals surface area contributed by atoms with Crippen molar-refractivity contribution in [3.63, 3.8) is 0 Å². The molecule has 1 fully saturated rings. The van der Waals surface area contributed by atoms with Crippen molar-refractivity contribution in [2.45, 2.75) is 38.6 Å². The zero-order valence-corrected chi connectivity index (χ0v) is 10.6. The van der Waals surface area contributed by atoms with E-state index < -0.39 is 0 Å². The maximum absolute atomic E-state index is 12.1. The molecule has 1 saturated heterocycles. The standard InChI is InChI=1S/C13H21N3O/c1-3-10-4-6-14-11(8-10)9-13(17)12-5-7-15-16(12)2/h5,7,10-11,14H,3-4,6,8-9H2,1-2H3. The summed E-state index contributed by atoms with van der Waals surface area (Å²) in [6.07, 6.45) is 5.86. The molecular weight excluding hydrogens is 214 g/mol. The number of ketones is 1. The molecule has 4 heteroatoms. The number of carbonyl (C=O) groups is 1. The summed E-state index contributed by atoms with van der Waals surface area (Å²) in [5.74, 6) is 0.972. The first kappa shape index (κ1) is 12.3. The van der Waals surface area contributed by atoms with E-state index in [9.17, 15) is 4.79 Å². The molecular formula is C13H21N3O. The summed E-state index contributed by atoms with van der Waals surface area (Å²) in [7, 11) is 1.82. The van der Waals surface area contributed by atoms with Crippen LogP contribution in [0.1, 0.15) is 43.1 Å². The highest BCUT2D eigenvalue weighted by Gasteiger charge is 2.23. The lowest BCUT2D eigenvalue weighted by Gasteiger charge is -2.29. The molecule has 1 aromatic rings. The van der Waals surface area contributed by atoms with Crippen LogP contribution in [0, 0.1) is 5.92 Å². The van der Waals surface area contributed by atoms with Crippen LogP contribution in [0.3, 0.4) is 0 Å². The Hall–Kier alpha value is -1.16. The molecule has 0 radical (unpaired) electrons. The minimum atomic E-state index is 0.194. The minimum absolute atomic E-state index is 0.194. The summed E-state index contributed by atoms with van der Waals surface area (Å²) in [4.78, 5) is 12.1. The number of hydrogen-bond acceptors (Lipinski definition) is 3. The van der Waals surface area contributed by atoms with Crippen LogP contribution >= 0.6 is 0 Å². The van der Waals surface area contributed by atoms with Gasteiger partial charge in [0.2, 0.25) is 0 Å². The summed E-state index contributed by atoms with van der Waals surface area (Å²) in [6, 6.07) is 2.14. The van der Waals surface area contributed by atoms with Gasteiger partial charge in [0.15, 0.2) is 5.78 Å². The summed E-state index contributed by atoms with van der Waals surface area (Å²) in [5, 5.41) is 7.48. The maximum Gasteiger partial charge on any atom is 0.182 e. The normalized spacial score (nSPS) is 24.8. The van der Waals surface area contributed by atoms with Gasteiger partial charge in [-0.3, -0.25) is 9.48 Å². The van der Waals surface area contributed by atoms with Crippen LogP contribution in [0.25, 0.3) is 0 Å². The fourth-order valence-electron chi connectivity index (χ4n) is 2.60. The van der Waals surface area contributed by atoms with E-state index in [-0.39, 0.29) is 5.78 Å². The Kier molecular flexibility index (Phi) is 3.94. The molecule has 0 aromatic carbocycles. The third kappa shape index (κ3) is 2.94. The van der Waals surface area contributed by atoms with Gasteiger partial charge >= 0.3 is 0 Å². The monoisotopic (exact) mass is 235 g/mol. The fourth-order valence-corrected chi connectivity index (χ4v) is 2.60. The van der Waals surface area contributed by atoms with Crippen LogP contribution in [0.15, 0.2) is 12.3 Å². The van der Waals surface area contributed by atoms with Gasteiger partial charge in [-0.25, -0.2) is 0 Å². The van der Waals surface area contributed by atoms with Crippen molar-refractivity contribution in [3.8, 4) is 0 Å². The second-order valence-corrected chi connectivity index (χ2v) is 4.92. The predicted molar refractivity (Wildman–Crippen MR) is 67.0 cm³/mol. The number of Topliss-reactive ketones (excluding diaryl/α,β-unsaturated/α-hetero) is 1. The van der Waals surface area contributed by atoms with E-state index in [4.69, 9.17) is 0 Å². The lowest BCUT2D eigenvalue weighted by Crippen LogP contribution is -2.39. The zero-order chi connectivity index (χ0) is 12.3. The number of nitrogens with one attached hydrogen (secondary N) is 1. The molecule has 0 saturated carbocycles. The number of piperidine rings is 1. The molecule has 4 nitrogen and oxygen atoms in total. The smallest absolute Gasteiger partial charge is 0.182 e. The van der Waals surface area contributed by atoms with Crippen molar-refractivity contribution in [2.24, 2.45) is 13.0 Å². The molecule has 1 aromatic heterocycles. The number of aryl methyl sites for hydroxylation is 1. The maximum atomic E-state index is 12.1. The highest BCUT2D eigenvalue weighted by molar-refractivity contribution is 5.94. The van der Waals surface area contributed by atoms with Crippen LogP contribution in [0.4, 0.5) is 0 Å². The summed E-state index contributed by atoms with van der Waals surface area (Å²) >= 11 is 0. The van der Waals surface area contributed by atoms with Crippen LogP contribution in [0.5, 0.6) is 0 Å². The molecule has 0 spiro atoms. The van der Waals surface area contributed by atoms with Crippen molar-refractivity contribution < 1.29 is 4.79 Å². The largest absolute Gasteiger partial charge is 0.314 e. The van der Waals surface area contributed by atoms with Gasteiger partial charge in [0.05, 0.1) is 0 Å². The number of carbonyl (C=O) groups excluding carboxylic acids is 1. The predicted octanol–water partition coefficient (Wildman–Crippen LogP) is 1.77. The SMILES string of the molecule is CCC1CCNC(CC(=O)c2ccnn2C)C1. The first-order valence-electron chi connectivity index (χ1n) is 6.45. The Morgan fingerprint density at radius 3 is 3.12 bits per heavy atom. The fraction of sp³-hybridized carbons (Fsp3) is 0.692. The highest BCUT2D eigenvalue weighted by Crippen LogP contribution is 2.21. The molecule has 2 heterocycles. The average Bonchev–Trinajstić information content (AvgIpc) is 2.76.